The van der Waals surface area contributed by atoms with Gasteiger partial charge < -0.3 is 14.6 Å². The zero-order valence-corrected chi connectivity index (χ0v) is 7.44. The fraction of sp³-hybridized carbons (Fsp3) is 0.714. The molecule has 1 heterocycles. The predicted molar refractivity (Wildman–Crippen MR) is 39.4 cm³/mol. The molecule has 6 heteroatoms. The molecule has 0 aliphatic carbocycles. The minimum atomic E-state index is -1.25. The highest BCUT2D eigenvalue weighted by molar-refractivity contribution is 5.83. The van der Waals surface area contributed by atoms with Crippen molar-refractivity contribution in [2.45, 2.75) is 31.8 Å². The van der Waals surface area contributed by atoms with Crippen molar-refractivity contribution in [2.75, 3.05) is 0 Å². The molecule has 6 nitrogen and oxygen atoms in total. The van der Waals surface area contributed by atoms with Crippen LogP contribution in [0.2, 0.25) is 0 Å². The van der Waals surface area contributed by atoms with E-state index in [-0.39, 0.29) is 0 Å². The number of carbonyl (C=O) groups is 2. The van der Waals surface area contributed by atoms with Gasteiger partial charge in [-0.2, -0.15) is 0 Å². The third-order valence-corrected chi connectivity index (χ3v) is 1.66. The van der Waals surface area contributed by atoms with Crippen molar-refractivity contribution in [3.05, 3.63) is 0 Å². The molecule has 1 amide bonds. The lowest BCUT2D eigenvalue weighted by Gasteiger charge is -2.15. The molecule has 1 saturated heterocycles. The van der Waals surface area contributed by atoms with Gasteiger partial charge in [-0.05, 0) is 13.8 Å². The summed E-state index contributed by atoms with van der Waals surface area (Å²) in [6.07, 6.45) is -2.35. The molecular weight excluding hydrogens is 178 g/mol. The highest BCUT2D eigenvalue weighted by Gasteiger charge is 2.49. The zero-order chi connectivity index (χ0) is 10.2. The van der Waals surface area contributed by atoms with E-state index in [4.69, 9.17) is 14.6 Å². The van der Waals surface area contributed by atoms with E-state index in [0.717, 1.165) is 0 Å². The van der Waals surface area contributed by atoms with Crippen LogP contribution >= 0.6 is 0 Å². The standard InChI is InChI=1S/C7H11NO5/c1-7(2)12-3(5(8)9)4(13-7)6(10)11/h3-4H,1-2H3,(H2,8,9)(H,10,11)/p+1/t3-,4-/m1/s1. The van der Waals surface area contributed by atoms with Crippen LogP contribution in [0.4, 0.5) is 0 Å². The molecule has 0 radical (unpaired) electrons. The summed E-state index contributed by atoms with van der Waals surface area (Å²) < 4.78 is 10.1. The molecular formula is C7H12NO5+. The number of amides is 1. The molecule has 0 aromatic heterocycles. The van der Waals surface area contributed by atoms with Crippen LogP contribution in [0.25, 0.3) is 0 Å². The first-order valence-electron chi connectivity index (χ1n) is 3.78. The Labute approximate surface area is 74.6 Å². The molecule has 0 aromatic rings. The van der Waals surface area contributed by atoms with E-state index in [9.17, 15) is 9.59 Å². The maximum absolute atomic E-state index is 10.9. The average molecular weight is 190 g/mol. The quantitative estimate of drug-likeness (QED) is 0.544. The number of quaternary nitrogens is 1. The second-order valence-corrected chi connectivity index (χ2v) is 3.28. The van der Waals surface area contributed by atoms with Crippen LogP contribution < -0.4 is 5.73 Å². The molecule has 0 bridgehead atoms. The SMILES string of the molecule is CC1(C)O[C@@H](C([NH3+])=O)[C@H](C(=O)O)O1. The molecule has 74 valence electrons. The molecule has 0 saturated carbocycles. The molecule has 1 fully saturated rings. The van der Waals surface area contributed by atoms with Gasteiger partial charge in [0.2, 0.25) is 6.10 Å². The Bertz CT molecular complexity index is 225. The number of hydrogen-bond donors (Lipinski definition) is 2. The van der Waals surface area contributed by atoms with Crippen molar-refractivity contribution in [3.8, 4) is 0 Å². The largest absolute Gasteiger partial charge is 0.479 e. The first-order chi connectivity index (χ1) is 5.83. The second-order valence-electron chi connectivity index (χ2n) is 3.28. The van der Waals surface area contributed by atoms with Crippen molar-refractivity contribution in [1.29, 1.82) is 0 Å². The Balaban J connectivity index is 2.83. The second kappa shape index (κ2) is 3.06. The molecule has 0 aromatic carbocycles. The summed E-state index contributed by atoms with van der Waals surface area (Å²) in [7, 11) is 0. The van der Waals surface area contributed by atoms with Gasteiger partial charge in [0.05, 0.1) is 0 Å². The lowest BCUT2D eigenvalue weighted by atomic mass is 10.2. The van der Waals surface area contributed by atoms with Gasteiger partial charge in [0.15, 0.2) is 11.9 Å². The minimum Gasteiger partial charge on any atom is -0.479 e. The van der Waals surface area contributed by atoms with Crippen molar-refractivity contribution < 1.29 is 29.9 Å². The van der Waals surface area contributed by atoms with Crippen LogP contribution in [-0.4, -0.2) is 35.0 Å². The molecule has 2 atom stereocenters. The summed E-state index contributed by atoms with van der Waals surface area (Å²) in [5.74, 6) is -2.84. The highest BCUT2D eigenvalue weighted by atomic mass is 16.8. The van der Waals surface area contributed by atoms with Gasteiger partial charge in [-0.1, -0.05) is 0 Å². The van der Waals surface area contributed by atoms with E-state index in [0.29, 0.717) is 0 Å². The topological polar surface area (TPSA) is 100 Å². The van der Waals surface area contributed by atoms with Crippen molar-refractivity contribution in [2.24, 2.45) is 0 Å². The number of hydrogen-bond acceptors (Lipinski definition) is 4. The summed E-state index contributed by atoms with van der Waals surface area (Å²) in [5, 5.41) is 8.68. The first-order valence-corrected chi connectivity index (χ1v) is 3.78. The third kappa shape index (κ3) is 2.03. The number of ether oxygens (including phenoxy) is 2. The van der Waals surface area contributed by atoms with E-state index in [1.54, 1.807) is 13.8 Å². The smallest absolute Gasteiger partial charge is 0.341 e. The zero-order valence-electron chi connectivity index (χ0n) is 7.44. The summed E-state index contributed by atoms with van der Waals surface area (Å²) in [4.78, 5) is 21.5. The molecule has 1 aliphatic rings. The van der Waals surface area contributed by atoms with Gasteiger partial charge in [-0.25, -0.2) is 9.59 Å². The number of carboxylic acid groups (broad SMARTS) is 1. The first kappa shape index (κ1) is 10.1. The molecule has 13 heavy (non-hydrogen) atoms. The fourth-order valence-corrected chi connectivity index (χ4v) is 1.18. The van der Waals surface area contributed by atoms with Crippen molar-refractivity contribution in [3.63, 3.8) is 0 Å². The van der Waals surface area contributed by atoms with Crippen LogP contribution in [0.3, 0.4) is 0 Å². The van der Waals surface area contributed by atoms with Gasteiger partial charge in [0.1, 0.15) is 0 Å². The van der Waals surface area contributed by atoms with Crippen LogP contribution in [0.15, 0.2) is 0 Å². The molecule has 1 rings (SSSR count). The minimum absolute atomic E-state index is 0.585. The van der Waals surface area contributed by atoms with E-state index < -0.39 is 29.9 Å². The van der Waals surface area contributed by atoms with Gasteiger partial charge >= 0.3 is 11.9 Å². The van der Waals surface area contributed by atoms with Crippen LogP contribution in [-0.2, 0) is 19.1 Å². The van der Waals surface area contributed by atoms with Gasteiger partial charge in [0, 0.05) is 0 Å². The summed E-state index contributed by atoms with van der Waals surface area (Å²) >= 11 is 0. The molecule has 0 spiro atoms. The number of rotatable bonds is 2. The Kier molecular flexibility index (Phi) is 2.38. The van der Waals surface area contributed by atoms with Gasteiger partial charge in [-0.15, -0.1) is 0 Å². The van der Waals surface area contributed by atoms with Crippen LogP contribution in [0.5, 0.6) is 0 Å². The fourth-order valence-electron chi connectivity index (χ4n) is 1.18. The van der Waals surface area contributed by atoms with Gasteiger partial charge in [-0.3, -0.25) is 5.73 Å². The summed E-state index contributed by atoms with van der Waals surface area (Å²) in [6.45, 7) is 3.10. The summed E-state index contributed by atoms with van der Waals surface area (Å²) in [5.41, 5.74) is 3.11. The normalized spacial score (nSPS) is 31.6. The Morgan fingerprint density at radius 2 is 1.77 bits per heavy atom. The van der Waals surface area contributed by atoms with Crippen LogP contribution in [0.1, 0.15) is 13.8 Å². The summed E-state index contributed by atoms with van der Waals surface area (Å²) in [6, 6.07) is 0. The molecule has 4 N–H and O–H groups in total. The molecule has 1 aliphatic heterocycles. The Hall–Kier alpha value is -0.980. The van der Waals surface area contributed by atoms with E-state index in [1.807, 2.05) is 0 Å². The van der Waals surface area contributed by atoms with Gasteiger partial charge in [0.25, 0.3) is 0 Å². The maximum Gasteiger partial charge on any atom is 0.341 e. The maximum atomic E-state index is 10.9. The van der Waals surface area contributed by atoms with Crippen molar-refractivity contribution in [1.82, 2.24) is 0 Å². The predicted octanol–water partition coefficient (Wildman–Crippen LogP) is -1.64. The number of carbonyl (C=O) groups excluding carboxylic acids is 1. The average Bonchev–Trinajstić information content (AvgIpc) is 2.26. The third-order valence-electron chi connectivity index (χ3n) is 1.66. The lowest BCUT2D eigenvalue weighted by molar-refractivity contribution is -0.317. The number of aliphatic carboxylic acids is 1. The lowest BCUT2D eigenvalue weighted by Crippen LogP contribution is -2.65. The van der Waals surface area contributed by atoms with E-state index >= 15 is 0 Å². The monoisotopic (exact) mass is 190 g/mol. The Morgan fingerprint density at radius 3 is 2.08 bits per heavy atom. The highest BCUT2D eigenvalue weighted by Crippen LogP contribution is 2.27. The van der Waals surface area contributed by atoms with Crippen LogP contribution in [0, 0.1) is 0 Å². The van der Waals surface area contributed by atoms with E-state index in [2.05, 4.69) is 5.73 Å². The van der Waals surface area contributed by atoms with E-state index in [1.165, 1.54) is 0 Å². The number of carboxylic acids is 1. The molecule has 0 unspecified atom stereocenters. The Morgan fingerprint density at radius 1 is 1.31 bits per heavy atom. The van der Waals surface area contributed by atoms with Crippen molar-refractivity contribution >= 4 is 11.9 Å².